The van der Waals surface area contributed by atoms with Gasteiger partial charge in [0.15, 0.2) is 0 Å². The number of anilines is 1. The third-order valence-corrected chi connectivity index (χ3v) is 3.62. The molecule has 1 amide bonds. The van der Waals surface area contributed by atoms with Gasteiger partial charge in [-0.2, -0.15) is 0 Å². The number of benzene rings is 1. The molecule has 1 N–H and O–H groups in total. The minimum absolute atomic E-state index is 0.0832. The molecule has 6 nitrogen and oxygen atoms in total. The first-order valence-corrected chi connectivity index (χ1v) is 7.25. The monoisotopic (exact) mass is 293 g/mol. The summed E-state index contributed by atoms with van der Waals surface area (Å²) >= 11 is 0. The van der Waals surface area contributed by atoms with Gasteiger partial charge in [0.2, 0.25) is 0 Å². The fourth-order valence-electron chi connectivity index (χ4n) is 2.37. The van der Waals surface area contributed by atoms with E-state index in [0.29, 0.717) is 12.2 Å². The average Bonchev–Trinajstić information content (AvgIpc) is 2.47. The molecule has 0 aliphatic heterocycles. The van der Waals surface area contributed by atoms with Crippen LogP contribution in [0.1, 0.15) is 44.0 Å². The molecule has 1 aromatic rings. The van der Waals surface area contributed by atoms with Gasteiger partial charge in [-0.25, -0.2) is 0 Å². The van der Waals surface area contributed by atoms with Crippen molar-refractivity contribution in [3.8, 4) is 0 Å². The van der Waals surface area contributed by atoms with Crippen molar-refractivity contribution in [1.29, 1.82) is 0 Å². The van der Waals surface area contributed by atoms with Crippen molar-refractivity contribution in [3.63, 3.8) is 0 Å². The summed E-state index contributed by atoms with van der Waals surface area (Å²) in [5.74, 6) is -0.310. The molecule has 0 unspecified atom stereocenters. The molecule has 0 fully saturated rings. The maximum absolute atomic E-state index is 12.6. The lowest BCUT2D eigenvalue weighted by molar-refractivity contribution is -0.385. The lowest BCUT2D eigenvalue weighted by atomic mass is 10.1. The molecule has 0 atom stereocenters. The standard InChI is InChI=1S/C15H23N3O3/c1-5-12(6-2)17(4)15(19)13-10-11(16-7-3)8-9-14(13)18(20)21/h8-10,12,16H,5-7H2,1-4H3. The smallest absolute Gasteiger partial charge is 0.282 e. The molecule has 0 aromatic heterocycles. The Morgan fingerprint density at radius 3 is 2.43 bits per heavy atom. The fourth-order valence-corrected chi connectivity index (χ4v) is 2.37. The number of hydrogen-bond acceptors (Lipinski definition) is 4. The lowest BCUT2D eigenvalue weighted by Gasteiger charge is -2.26. The first-order chi connectivity index (χ1) is 9.96. The molecule has 6 heteroatoms. The van der Waals surface area contributed by atoms with E-state index in [9.17, 15) is 14.9 Å². The Hall–Kier alpha value is -2.11. The Bertz CT molecular complexity index is 513. The quantitative estimate of drug-likeness (QED) is 0.618. The van der Waals surface area contributed by atoms with E-state index >= 15 is 0 Å². The van der Waals surface area contributed by atoms with E-state index in [0.717, 1.165) is 12.8 Å². The maximum atomic E-state index is 12.6. The zero-order chi connectivity index (χ0) is 16.0. The summed E-state index contributed by atoms with van der Waals surface area (Å²) in [7, 11) is 1.70. The van der Waals surface area contributed by atoms with Crippen LogP contribution in [-0.4, -0.2) is 35.4 Å². The van der Waals surface area contributed by atoms with Crippen molar-refractivity contribution in [2.75, 3.05) is 18.9 Å². The molecule has 21 heavy (non-hydrogen) atoms. The van der Waals surface area contributed by atoms with Gasteiger partial charge in [0.1, 0.15) is 5.56 Å². The summed E-state index contributed by atoms with van der Waals surface area (Å²) in [6.07, 6.45) is 1.64. The van der Waals surface area contributed by atoms with Gasteiger partial charge in [-0.15, -0.1) is 0 Å². The Kier molecular flexibility index (Phi) is 6.14. The second-order valence-corrected chi connectivity index (χ2v) is 4.91. The van der Waals surface area contributed by atoms with E-state index in [4.69, 9.17) is 0 Å². The van der Waals surface area contributed by atoms with Gasteiger partial charge in [0.05, 0.1) is 4.92 Å². The normalized spacial score (nSPS) is 10.5. The average molecular weight is 293 g/mol. The van der Waals surface area contributed by atoms with Crippen LogP contribution in [0.2, 0.25) is 0 Å². The molecule has 0 bridgehead atoms. The summed E-state index contributed by atoms with van der Waals surface area (Å²) in [6.45, 7) is 6.62. The Morgan fingerprint density at radius 2 is 1.95 bits per heavy atom. The SMILES string of the molecule is CCNc1ccc([N+](=O)[O-])c(C(=O)N(C)C(CC)CC)c1. The van der Waals surface area contributed by atoms with E-state index in [1.165, 1.54) is 6.07 Å². The van der Waals surface area contributed by atoms with Crippen molar-refractivity contribution < 1.29 is 9.72 Å². The second-order valence-electron chi connectivity index (χ2n) is 4.91. The Morgan fingerprint density at radius 1 is 1.33 bits per heavy atom. The van der Waals surface area contributed by atoms with Crippen LogP contribution in [0, 0.1) is 10.1 Å². The highest BCUT2D eigenvalue weighted by atomic mass is 16.6. The minimum atomic E-state index is -0.510. The fraction of sp³-hybridized carbons (Fsp3) is 0.533. The van der Waals surface area contributed by atoms with Crippen LogP contribution in [0.4, 0.5) is 11.4 Å². The van der Waals surface area contributed by atoms with Crippen LogP contribution in [0.25, 0.3) is 0 Å². The molecular weight excluding hydrogens is 270 g/mol. The molecule has 1 aromatic carbocycles. The number of carbonyl (C=O) groups excluding carboxylic acids is 1. The summed E-state index contributed by atoms with van der Waals surface area (Å²) in [5.41, 5.74) is 0.691. The van der Waals surface area contributed by atoms with Crippen LogP contribution in [0.3, 0.4) is 0 Å². The van der Waals surface area contributed by atoms with E-state index in [-0.39, 0.29) is 23.2 Å². The van der Waals surface area contributed by atoms with E-state index in [2.05, 4.69) is 5.32 Å². The van der Waals surface area contributed by atoms with Crippen molar-refractivity contribution in [1.82, 2.24) is 4.90 Å². The van der Waals surface area contributed by atoms with Crippen molar-refractivity contribution >= 4 is 17.3 Å². The topological polar surface area (TPSA) is 75.5 Å². The Balaban J connectivity index is 3.21. The van der Waals surface area contributed by atoms with Gasteiger partial charge in [-0.3, -0.25) is 14.9 Å². The van der Waals surface area contributed by atoms with E-state index in [1.807, 2.05) is 20.8 Å². The van der Waals surface area contributed by atoms with E-state index < -0.39 is 4.92 Å². The Labute approximate surface area is 125 Å². The molecule has 0 radical (unpaired) electrons. The van der Waals surface area contributed by atoms with Gasteiger partial charge < -0.3 is 10.2 Å². The molecular formula is C15H23N3O3. The summed E-state index contributed by atoms with van der Waals surface area (Å²) in [5, 5.41) is 14.2. The van der Waals surface area contributed by atoms with Crippen LogP contribution in [-0.2, 0) is 0 Å². The number of nitro benzene ring substituents is 1. The summed E-state index contributed by atoms with van der Waals surface area (Å²) < 4.78 is 0. The van der Waals surface area contributed by atoms with Crippen molar-refractivity contribution in [3.05, 3.63) is 33.9 Å². The summed E-state index contributed by atoms with van der Waals surface area (Å²) in [4.78, 5) is 24.8. The van der Waals surface area contributed by atoms with Crippen LogP contribution in [0.5, 0.6) is 0 Å². The van der Waals surface area contributed by atoms with Gasteiger partial charge >= 0.3 is 0 Å². The number of rotatable bonds is 7. The highest BCUT2D eigenvalue weighted by Crippen LogP contribution is 2.25. The first kappa shape index (κ1) is 16.9. The first-order valence-electron chi connectivity index (χ1n) is 7.25. The van der Waals surface area contributed by atoms with Crippen LogP contribution in [0.15, 0.2) is 18.2 Å². The van der Waals surface area contributed by atoms with Crippen LogP contribution < -0.4 is 5.32 Å². The predicted molar refractivity (Wildman–Crippen MR) is 83.7 cm³/mol. The highest BCUT2D eigenvalue weighted by molar-refractivity contribution is 5.99. The molecule has 0 heterocycles. The summed E-state index contributed by atoms with van der Waals surface area (Å²) in [6, 6.07) is 4.64. The molecule has 0 spiro atoms. The number of hydrogen-bond donors (Lipinski definition) is 1. The largest absolute Gasteiger partial charge is 0.385 e. The van der Waals surface area contributed by atoms with E-state index in [1.54, 1.807) is 24.1 Å². The lowest BCUT2D eigenvalue weighted by Crippen LogP contribution is -2.36. The van der Waals surface area contributed by atoms with Crippen molar-refractivity contribution in [2.24, 2.45) is 0 Å². The predicted octanol–water partition coefficient (Wildman–Crippen LogP) is 3.29. The highest BCUT2D eigenvalue weighted by Gasteiger charge is 2.26. The molecule has 116 valence electrons. The molecule has 0 saturated heterocycles. The molecule has 1 rings (SSSR count). The maximum Gasteiger partial charge on any atom is 0.282 e. The third kappa shape index (κ3) is 3.93. The molecule has 0 aliphatic carbocycles. The molecule has 0 saturated carbocycles. The van der Waals surface area contributed by atoms with Crippen molar-refractivity contribution in [2.45, 2.75) is 39.7 Å². The number of carbonyl (C=O) groups is 1. The van der Waals surface area contributed by atoms with Gasteiger partial charge in [0.25, 0.3) is 11.6 Å². The number of nitrogens with zero attached hydrogens (tertiary/aromatic N) is 2. The number of amides is 1. The minimum Gasteiger partial charge on any atom is -0.385 e. The zero-order valence-electron chi connectivity index (χ0n) is 13.0. The van der Waals surface area contributed by atoms with Gasteiger partial charge in [0, 0.05) is 31.4 Å². The van der Waals surface area contributed by atoms with Gasteiger partial charge in [-0.05, 0) is 31.9 Å². The number of nitro groups is 1. The second kappa shape index (κ2) is 7.61. The van der Waals surface area contributed by atoms with Crippen LogP contribution >= 0.6 is 0 Å². The number of nitrogens with one attached hydrogen (secondary N) is 1. The zero-order valence-corrected chi connectivity index (χ0v) is 13.0. The van der Waals surface area contributed by atoms with Gasteiger partial charge in [-0.1, -0.05) is 13.8 Å². The molecule has 0 aliphatic rings. The third-order valence-electron chi connectivity index (χ3n) is 3.62.